The summed E-state index contributed by atoms with van der Waals surface area (Å²) in [4.78, 5) is 12.2. The molecule has 0 N–H and O–H groups in total. The van der Waals surface area contributed by atoms with Gasteiger partial charge in [-0.15, -0.1) is 0 Å². The molecule has 25 heavy (non-hydrogen) atoms. The van der Waals surface area contributed by atoms with E-state index in [1.165, 1.54) is 31.0 Å². The Labute approximate surface area is 143 Å². The molecule has 0 aliphatic carbocycles. The number of hydrogen-bond donors (Lipinski definition) is 0. The van der Waals surface area contributed by atoms with Gasteiger partial charge >= 0.3 is 5.97 Å². The maximum Gasteiger partial charge on any atom is 0.344 e. The zero-order valence-electron chi connectivity index (χ0n) is 13.0. The van der Waals surface area contributed by atoms with Gasteiger partial charge in [-0.1, -0.05) is 6.07 Å². The van der Waals surface area contributed by atoms with Crippen molar-refractivity contribution in [2.75, 3.05) is 13.4 Å². The molecule has 0 aliphatic rings. The number of halogens is 5. The van der Waals surface area contributed by atoms with Gasteiger partial charge in [-0.25, -0.2) is 18.0 Å². The average molecular weight is 378 g/mol. The monoisotopic (exact) mass is 378 g/mol. The van der Waals surface area contributed by atoms with Crippen LogP contribution in [0.4, 0.5) is 22.0 Å². The number of methoxy groups -OCH3 is 1. The topological polar surface area (TPSA) is 35.5 Å². The summed E-state index contributed by atoms with van der Waals surface area (Å²) in [7, 11) is 1.36. The minimum absolute atomic E-state index is 0.113. The van der Waals surface area contributed by atoms with Gasteiger partial charge in [0.1, 0.15) is 5.75 Å². The van der Waals surface area contributed by atoms with E-state index in [0.29, 0.717) is 17.1 Å². The lowest BCUT2D eigenvalue weighted by Crippen LogP contribution is -2.15. The Balaban J connectivity index is 2.49. The van der Waals surface area contributed by atoms with Crippen molar-refractivity contribution in [1.82, 2.24) is 0 Å². The zero-order chi connectivity index (χ0) is 18.7. The lowest BCUT2D eigenvalue weighted by molar-refractivity contribution is 0.0714. The van der Waals surface area contributed by atoms with Gasteiger partial charge in [0, 0.05) is 11.3 Å². The molecule has 0 unspecified atom stereocenters. The van der Waals surface area contributed by atoms with E-state index in [2.05, 4.69) is 4.74 Å². The Hall–Kier alpha value is -2.29. The van der Waals surface area contributed by atoms with Crippen LogP contribution >= 0.6 is 11.8 Å². The Morgan fingerprint density at radius 1 is 1.00 bits per heavy atom. The van der Waals surface area contributed by atoms with Crippen molar-refractivity contribution in [1.29, 1.82) is 0 Å². The number of thioether (sulfide) groups is 1. The Morgan fingerprint density at radius 3 is 2.08 bits per heavy atom. The van der Waals surface area contributed by atoms with Gasteiger partial charge in [0.2, 0.25) is 34.8 Å². The molecule has 3 nitrogen and oxygen atoms in total. The van der Waals surface area contributed by atoms with Crippen LogP contribution in [0.25, 0.3) is 0 Å². The Morgan fingerprint density at radius 2 is 1.56 bits per heavy atom. The first-order chi connectivity index (χ1) is 11.8. The number of esters is 1. The second-order valence-electron chi connectivity index (χ2n) is 4.71. The molecule has 0 radical (unpaired) electrons. The molecule has 0 heterocycles. The lowest BCUT2D eigenvalue weighted by Gasteiger charge is -2.13. The van der Waals surface area contributed by atoms with Crippen LogP contribution in [0.3, 0.4) is 0 Å². The Kier molecular flexibility index (Phi) is 5.89. The average Bonchev–Trinajstić information content (AvgIpc) is 2.62. The van der Waals surface area contributed by atoms with E-state index < -0.39 is 40.8 Å². The van der Waals surface area contributed by atoms with E-state index >= 15 is 0 Å². The number of rotatable bonds is 5. The summed E-state index contributed by atoms with van der Waals surface area (Å²) in [5.74, 6) is -13.5. The molecule has 0 aromatic heterocycles. The summed E-state index contributed by atoms with van der Waals surface area (Å²) in [6.45, 7) is 0. The molecule has 0 atom stereocenters. The summed E-state index contributed by atoms with van der Waals surface area (Å²) < 4.78 is 76.3. The van der Waals surface area contributed by atoms with Crippen molar-refractivity contribution in [3.63, 3.8) is 0 Å². The van der Waals surface area contributed by atoms with Crippen LogP contribution in [-0.2, 0) is 5.75 Å². The molecule has 0 spiro atoms. The first kappa shape index (κ1) is 19.0. The van der Waals surface area contributed by atoms with Crippen LogP contribution in [0.5, 0.6) is 11.5 Å². The maximum absolute atomic E-state index is 13.6. The number of ether oxygens (including phenoxy) is 2. The molecule has 2 rings (SSSR count). The number of carbonyl (C=O) groups excluding carboxylic acids is 1. The quantitative estimate of drug-likeness (QED) is 0.253. The van der Waals surface area contributed by atoms with E-state index in [9.17, 15) is 26.7 Å². The molecule has 0 saturated carbocycles. The molecule has 0 saturated heterocycles. The SMILES string of the molecule is COc1cccc(C(=O)Oc2c(F)c(F)c(F)c(F)c2F)c1CSC. The van der Waals surface area contributed by atoms with Gasteiger partial charge in [-0.2, -0.15) is 20.5 Å². The minimum atomic E-state index is -2.33. The van der Waals surface area contributed by atoms with E-state index in [0.717, 1.165) is 0 Å². The zero-order valence-corrected chi connectivity index (χ0v) is 13.8. The largest absolute Gasteiger partial charge is 0.496 e. The third kappa shape index (κ3) is 3.55. The van der Waals surface area contributed by atoms with Crippen LogP contribution in [0.1, 0.15) is 15.9 Å². The van der Waals surface area contributed by atoms with Gasteiger partial charge in [0.15, 0.2) is 0 Å². The summed E-state index contributed by atoms with van der Waals surface area (Å²) in [6.07, 6.45) is 1.74. The second-order valence-corrected chi connectivity index (χ2v) is 5.57. The van der Waals surface area contributed by atoms with E-state index in [1.54, 1.807) is 12.3 Å². The summed E-state index contributed by atoms with van der Waals surface area (Å²) in [5, 5.41) is 0. The highest BCUT2D eigenvalue weighted by Crippen LogP contribution is 2.31. The standard InChI is InChI=1S/C16H11F5O3S/c1-23-9-5-3-4-7(8(9)6-25-2)16(22)24-15-13(20)11(18)10(17)12(19)14(15)21/h3-5H,6H2,1-2H3. The van der Waals surface area contributed by atoms with Gasteiger partial charge in [-0.3, -0.25) is 0 Å². The molecule has 0 aliphatic heterocycles. The Bertz CT molecular complexity index is 797. The molecular weight excluding hydrogens is 367 g/mol. The highest BCUT2D eigenvalue weighted by molar-refractivity contribution is 7.97. The van der Waals surface area contributed by atoms with E-state index in [-0.39, 0.29) is 5.56 Å². The number of hydrogen-bond acceptors (Lipinski definition) is 4. The fraction of sp³-hybridized carbons (Fsp3) is 0.188. The normalized spacial score (nSPS) is 10.7. The molecule has 0 fully saturated rings. The van der Waals surface area contributed by atoms with Gasteiger partial charge in [0.05, 0.1) is 12.7 Å². The third-order valence-electron chi connectivity index (χ3n) is 3.23. The van der Waals surface area contributed by atoms with Gasteiger partial charge in [0.25, 0.3) is 0 Å². The molecule has 9 heteroatoms. The number of benzene rings is 2. The first-order valence-electron chi connectivity index (χ1n) is 6.71. The van der Waals surface area contributed by atoms with Crippen LogP contribution in [-0.4, -0.2) is 19.3 Å². The molecule has 2 aromatic carbocycles. The van der Waals surface area contributed by atoms with Gasteiger partial charge < -0.3 is 9.47 Å². The van der Waals surface area contributed by atoms with Crippen molar-refractivity contribution < 1.29 is 36.2 Å². The van der Waals surface area contributed by atoms with Crippen molar-refractivity contribution in [2.24, 2.45) is 0 Å². The van der Waals surface area contributed by atoms with Crippen LogP contribution in [0, 0.1) is 29.1 Å². The van der Waals surface area contributed by atoms with Crippen molar-refractivity contribution in [2.45, 2.75) is 5.75 Å². The third-order valence-corrected chi connectivity index (χ3v) is 3.80. The predicted octanol–water partition coefficient (Wildman–Crippen LogP) is 4.47. The maximum atomic E-state index is 13.6. The highest BCUT2D eigenvalue weighted by Gasteiger charge is 2.29. The lowest BCUT2D eigenvalue weighted by atomic mass is 10.1. The molecule has 2 aromatic rings. The smallest absolute Gasteiger partial charge is 0.344 e. The van der Waals surface area contributed by atoms with Crippen molar-refractivity contribution >= 4 is 17.7 Å². The highest BCUT2D eigenvalue weighted by atomic mass is 32.2. The molecule has 0 bridgehead atoms. The van der Waals surface area contributed by atoms with Crippen LogP contribution in [0.15, 0.2) is 18.2 Å². The van der Waals surface area contributed by atoms with E-state index in [4.69, 9.17) is 4.74 Å². The first-order valence-corrected chi connectivity index (χ1v) is 8.11. The van der Waals surface area contributed by atoms with Crippen LogP contribution < -0.4 is 9.47 Å². The van der Waals surface area contributed by atoms with Gasteiger partial charge in [-0.05, 0) is 18.4 Å². The van der Waals surface area contributed by atoms with Crippen molar-refractivity contribution in [3.05, 3.63) is 58.4 Å². The van der Waals surface area contributed by atoms with Crippen molar-refractivity contribution in [3.8, 4) is 11.5 Å². The predicted molar refractivity (Wildman–Crippen MR) is 81.4 cm³/mol. The number of carbonyl (C=O) groups is 1. The second kappa shape index (κ2) is 7.73. The summed E-state index contributed by atoms with van der Waals surface area (Å²) in [6, 6.07) is 4.28. The summed E-state index contributed by atoms with van der Waals surface area (Å²) in [5.41, 5.74) is 0.254. The van der Waals surface area contributed by atoms with Crippen LogP contribution in [0.2, 0.25) is 0 Å². The fourth-order valence-corrected chi connectivity index (χ4v) is 2.65. The molecule has 0 amide bonds. The molecule has 134 valence electrons. The molecular formula is C16H11F5O3S. The van der Waals surface area contributed by atoms with E-state index in [1.807, 2.05) is 0 Å². The fourth-order valence-electron chi connectivity index (χ4n) is 2.06. The summed E-state index contributed by atoms with van der Waals surface area (Å²) >= 11 is 1.33. The minimum Gasteiger partial charge on any atom is -0.496 e.